The molecule has 9 heteroatoms. The van der Waals surface area contributed by atoms with Crippen molar-refractivity contribution in [3.8, 4) is 51.7 Å². The van der Waals surface area contributed by atoms with E-state index in [4.69, 9.17) is 42.6 Å². The topological polar surface area (TPSA) is 83.1 Å². The van der Waals surface area contributed by atoms with Crippen molar-refractivity contribution < 1.29 is 42.6 Å². The van der Waals surface area contributed by atoms with Crippen LogP contribution in [0, 0.1) is 33.0 Å². The third kappa shape index (κ3) is 30.4. The van der Waals surface area contributed by atoms with Crippen molar-refractivity contribution in [2.45, 2.75) is 262 Å². The third-order valence-electron chi connectivity index (χ3n) is 13.8. The normalized spacial score (nSPS) is 15.7. The van der Waals surface area contributed by atoms with E-state index in [-0.39, 0.29) is 82.7 Å². The van der Waals surface area contributed by atoms with Gasteiger partial charge in [0.1, 0.15) is 37.3 Å². The molecule has 0 saturated carbocycles. The van der Waals surface area contributed by atoms with Gasteiger partial charge in [0.25, 0.3) is 0 Å². The molecule has 5 aliphatic heterocycles. The zero-order chi connectivity index (χ0) is 65.5. The second-order valence-corrected chi connectivity index (χ2v) is 25.3. The number of fused-ring (bicyclic) bond motifs is 6. The maximum Gasteiger partial charge on any atom is 0.246 e. The Balaban J connectivity index is -0.000000321. The molecule has 5 heterocycles. The second-order valence-electron chi connectivity index (χ2n) is 25.3. The standard InChI is InChI=1S/C16H18O2.C13H18O2.C13H18O.C12H16O2.C11H14O2.6C2H6.5CH4/c1-16(2,3)15-10-17-13-8-11-6-4-5-7-12(11)9-14(13)18-15;1-13(2,3)10-8-14-11-6-4-5-7-12(11)15-9-10;1-13(2,3)12-9-8-10-6-4-5-7-11(10)14-12;1-12(2,3)11-8-13-9-6-4-5-7-10(9)14-11;1-11(2,3)10-12-8-6-4-5-7-9(8)13-10;6*1-2;;;;;/h4-9,15H,10H2,1-3H3;4-7,10H,8-9H2,1-3H3;4-7,12H,8-9H2,1-3H3;4-7,11H,8H2,1-3H3;4-7,10H,1-3H3;6*1-2H3;5*1H4. The summed E-state index contributed by atoms with van der Waals surface area (Å²) < 4.78 is 52.3. The Labute approximate surface area is 562 Å². The van der Waals surface area contributed by atoms with Crippen molar-refractivity contribution in [1.82, 2.24) is 0 Å². The summed E-state index contributed by atoms with van der Waals surface area (Å²) in [5.41, 5.74) is 2.04. The molecule has 0 spiro atoms. The zero-order valence-corrected chi connectivity index (χ0v) is 59.0. The molecule has 3 unspecified atom stereocenters. The first-order valence-corrected chi connectivity index (χ1v) is 32.5. The van der Waals surface area contributed by atoms with Crippen LogP contribution in [0.1, 0.15) is 236 Å². The number of hydrogen-bond donors (Lipinski definition) is 0. The van der Waals surface area contributed by atoms with Gasteiger partial charge < -0.3 is 42.6 Å². The average Bonchev–Trinajstić information content (AvgIpc) is 1.62. The highest BCUT2D eigenvalue weighted by molar-refractivity contribution is 5.86. The van der Waals surface area contributed by atoms with Crippen LogP contribution in [0.25, 0.3) is 10.8 Å². The van der Waals surface area contributed by atoms with E-state index in [1.807, 2.05) is 174 Å². The highest BCUT2D eigenvalue weighted by atomic mass is 16.7. The molecule has 0 N–H and O–H groups in total. The predicted octanol–water partition coefficient (Wildman–Crippen LogP) is 25.6. The summed E-state index contributed by atoms with van der Waals surface area (Å²) in [5, 5.41) is 2.38. The fraction of sp³-hybridized carbons (Fsp3) is 0.585. The molecular weight excluding hydrogens is 1130 g/mol. The van der Waals surface area contributed by atoms with Crippen LogP contribution in [0.15, 0.2) is 133 Å². The van der Waals surface area contributed by atoms with Crippen LogP contribution in [0.3, 0.4) is 0 Å². The molecule has 91 heavy (non-hydrogen) atoms. The third-order valence-corrected chi connectivity index (χ3v) is 13.8. The van der Waals surface area contributed by atoms with E-state index in [0.717, 1.165) is 77.8 Å². The van der Waals surface area contributed by atoms with Crippen LogP contribution in [0.2, 0.25) is 0 Å². The van der Waals surface area contributed by atoms with Crippen LogP contribution in [-0.4, -0.2) is 51.0 Å². The van der Waals surface area contributed by atoms with E-state index in [1.165, 1.54) is 16.3 Å². The maximum atomic E-state index is 6.08. The van der Waals surface area contributed by atoms with E-state index in [0.29, 0.717) is 25.2 Å². The van der Waals surface area contributed by atoms with Crippen molar-refractivity contribution in [2.24, 2.45) is 33.0 Å². The smallest absolute Gasteiger partial charge is 0.246 e. The van der Waals surface area contributed by atoms with E-state index in [1.54, 1.807) is 0 Å². The number of aryl methyl sites for hydroxylation is 1. The Hall–Kier alpha value is -6.22. The van der Waals surface area contributed by atoms with Crippen LogP contribution in [0.4, 0.5) is 0 Å². The summed E-state index contributed by atoms with van der Waals surface area (Å²) >= 11 is 0. The quantitative estimate of drug-likeness (QED) is 0.148. The fourth-order valence-corrected chi connectivity index (χ4v) is 8.43. The molecule has 0 aromatic heterocycles. The minimum Gasteiger partial charge on any atom is -0.490 e. The first-order chi connectivity index (χ1) is 40.8. The van der Waals surface area contributed by atoms with Crippen molar-refractivity contribution in [3.05, 3.63) is 139 Å². The van der Waals surface area contributed by atoms with Crippen LogP contribution in [0.5, 0.6) is 51.7 Å². The van der Waals surface area contributed by atoms with Gasteiger partial charge in [-0.15, -0.1) is 0 Å². The fourth-order valence-electron chi connectivity index (χ4n) is 8.43. The van der Waals surface area contributed by atoms with E-state index in [2.05, 4.69) is 146 Å². The van der Waals surface area contributed by atoms with Gasteiger partial charge in [-0.2, -0.15) is 0 Å². The van der Waals surface area contributed by atoms with Gasteiger partial charge in [-0.3, -0.25) is 0 Å². The molecule has 0 aliphatic carbocycles. The average molecular weight is 1270 g/mol. The molecule has 0 amide bonds. The SMILES string of the molecule is C.C.C.C.C.CC.CC.CC.CC.CC.CC.CC(C)(C)C1CCc2ccccc2O1.CC(C)(C)C1COc2cc3ccccc3cc2O1.CC(C)(C)C1COc2ccccc2O1.CC(C)(C)C1COc2ccccc2OC1.CC(C)(C)C1Oc2ccccc2O1. The number of ether oxygens (including phenoxy) is 9. The molecular formula is C82H140O9. The van der Waals surface area contributed by atoms with Gasteiger partial charge in [0.2, 0.25) is 6.29 Å². The Morgan fingerprint density at radius 2 is 0.560 bits per heavy atom. The Kier molecular flexibility index (Phi) is 47.2. The van der Waals surface area contributed by atoms with Gasteiger partial charge in [-0.05, 0) is 94.6 Å². The van der Waals surface area contributed by atoms with Crippen LogP contribution >= 0.6 is 0 Å². The summed E-state index contributed by atoms with van der Waals surface area (Å²) in [6.45, 7) is 59.4. The largest absolute Gasteiger partial charge is 0.490 e. The summed E-state index contributed by atoms with van der Waals surface area (Å²) in [6.07, 6.45) is 2.73. The molecule has 0 radical (unpaired) electrons. The van der Waals surface area contributed by atoms with Crippen molar-refractivity contribution >= 4 is 10.8 Å². The minimum atomic E-state index is -0.162. The number of hydrogen-bond acceptors (Lipinski definition) is 9. The van der Waals surface area contributed by atoms with Gasteiger partial charge in [0, 0.05) is 22.2 Å². The highest BCUT2D eigenvalue weighted by Crippen LogP contribution is 2.42. The molecule has 6 aromatic rings. The molecule has 3 atom stereocenters. The van der Waals surface area contributed by atoms with E-state index in [9.17, 15) is 0 Å². The van der Waals surface area contributed by atoms with Crippen molar-refractivity contribution in [1.29, 1.82) is 0 Å². The summed E-state index contributed by atoms with van der Waals surface area (Å²) in [4.78, 5) is 0. The van der Waals surface area contributed by atoms with Gasteiger partial charge in [0.15, 0.2) is 46.0 Å². The molecule has 0 bridgehead atoms. The van der Waals surface area contributed by atoms with Crippen molar-refractivity contribution in [2.75, 3.05) is 26.4 Å². The predicted molar refractivity (Wildman–Crippen MR) is 401 cm³/mol. The summed E-state index contributed by atoms with van der Waals surface area (Å²) in [6, 6.07) is 44.2. The summed E-state index contributed by atoms with van der Waals surface area (Å²) in [7, 11) is 0. The highest BCUT2D eigenvalue weighted by Gasteiger charge is 2.36. The Bertz CT molecular complexity index is 2630. The second kappa shape index (κ2) is 45.9. The van der Waals surface area contributed by atoms with Crippen molar-refractivity contribution in [3.63, 3.8) is 0 Å². The molecule has 11 rings (SSSR count). The lowest BCUT2D eigenvalue weighted by Crippen LogP contribution is -2.39. The van der Waals surface area contributed by atoms with E-state index < -0.39 is 0 Å². The molecule has 0 fully saturated rings. The van der Waals surface area contributed by atoms with Gasteiger partial charge in [-0.25, -0.2) is 0 Å². The number of benzene rings is 6. The first-order valence-electron chi connectivity index (χ1n) is 32.5. The molecule has 5 aliphatic rings. The van der Waals surface area contributed by atoms with Gasteiger partial charge >= 0.3 is 0 Å². The monoisotopic (exact) mass is 1270 g/mol. The number of para-hydroxylation sites is 7. The molecule has 0 saturated heterocycles. The van der Waals surface area contributed by atoms with Gasteiger partial charge in [-0.1, -0.05) is 303 Å². The lowest BCUT2D eigenvalue weighted by Gasteiger charge is -2.35. The lowest BCUT2D eigenvalue weighted by molar-refractivity contribution is -0.0396. The Morgan fingerprint density at radius 1 is 0.275 bits per heavy atom. The van der Waals surface area contributed by atoms with E-state index >= 15 is 0 Å². The zero-order valence-electron chi connectivity index (χ0n) is 59.0. The first kappa shape index (κ1) is 93.5. The molecule has 9 nitrogen and oxygen atoms in total. The lowest BCUT2D eigenvalue weighted by atomic mass is 9.82. The minimum absolute atomic E-state index is 0. The molecule has 522 valence electrons. The molecule has 6 aromatic carbocycles. The van der Waals surface area contributed by atoms with Gasteiger partial charge in [0.05, 0.1) is 13.2 Å². The maximum absolute atomic E-state index is 6.08. The Morgan fingerprint density at radius 3 is 0.934 bits per heavy atom. The number of rotatable bonds is 0. The van der Waals surface area contributed by atoms with Crippen LogP contribution < -0.4 is 42.6 Å². The summed E-state index contributed by atoms with van der Waals surface area (Å²) in [5.74, 6) is 8.38. The van der Waals surface area contributed by atoms with Crippen LogP contribution in [-0.2, 0) is 6.42 Å².